The zero-order valence-corrected chi connectivity index (χ0v) is 12.4. The average molecular weight is 263 g/mol. The lowest BCUT2D eigenvalue weighted by Crippen LogP contribution is -2.39. The number of hydrogen-bond donors (Lipinski definition) is 1. The molecule has 0 radical (unpaired) electrons. The molecule has 1 fully saturated rings. The molecule has 0 spiro atoms. The molecule has 1 saturated heterocycles. The monoisotopic (exact) mass is 263 g/mol. The van der Waals surface area contributed by atoms with Gasteiger partial charge in [0.2, 0.25) is 0 Å². The zero-order chi connectivity index (χ0) is 14.0. The Hall–Kier alpha value is -1.22. The van der Waals surface area contributed by atoms with Crippen molar-refractivity contribution in [3.8, 4) is 5.75 Å². The van der Waals surface area contributed by atoms with Crippen LogP contribution >= 0.6 is 0 Å². The summed E-state index contributed by atoms with van der Waals surface area (Å²) in [6.45, 7) is 8.50. The molecule has 1 aromatic rings. The fraction of sp³-hybridized carbons (Fsp3) is 0.625. The summed E-state index contributed by atoms with van der Waals surface area (Å²) in [5.74, 6) is 2.16. The summed E-state index contributed by atoms with van der Waals surface area (Å²) >= 11 is 0. The molecule has 1 N–H and O–H groups in total. The van der Waals surface area contributed by atoms with Crippen molar-refractivity contribution in [1.29, 1.82) is 0 Å². The minimum atomic E-state index is -0.515. The molecule has 1 aliphatic rings. The first-order valence-electron chi connectivity index (χ1n) is 7.12. The van der Waals surface area contributed by atoms with Gasteiger partial charge in [-0.05, 0) is 37.3 Å². The van der Waals surface area contributed by atoms with Gasteiger partial charge in [-0.25, -0.2) is 0 Å². The Kier molecular flexibility index (Phi) is 4.35. The normalized spacial score (nSPS) is 25.2. The van der Waals surface area contributed by atoms with Crippen molar-refractivity contribution < 1.29 is 9.84 Å². The van der Waals surface area contributed by atoms with Gasteiger partial charge in [0.15, 0.2) is 0 Å². The summed E-state index contributed by atoms with van der Waals surface area (Å²) < 4.78 is 5.41. The van der Waals surface area contributed by atoms with Crippen LogP contribution in [-0.4, -0.2) is 25.3 Å². The first-order valence-corrected chi connectivity index (χ1v) is 7.12. The van der Waals surface area contributed by atoms with Gasteiger partial charge in [-0.2, -0.15) is 0 Å². The van der Waals surface area contributed by atoms with E-state index in [0.717, 1.165) is 30.1 Å². The second-order valence-corrected chi connectivity index (χ2v) is 5.92. The zero-order valence-electron chi connectivity index (χ0n) is 12.4. The van der Waals surface area contributed by atoms with Crippen molar-refractivity contribution in [2.45, 2.75) is 33.3 Å². The van der Waals surface area contributed by atoms with Crippen molar-refractivity contribution in [3.63, 3.8) is 0 Å². The van der Waals surface area contributed by atoms with Crippen molar-refractivity contribution >= 4 is 5.69 Å². The predicted octanol–water partition coefficient (Wildman–Crippen LogP) is 3.23. The molecule has 0 saturated carbocycles. The van der Waals surface area contributed by atoms with Crippen LogP contribution in [0.5, 0.6) is 5.75 Å². The van der Waals surface area contributed by atoms with Crippen LogP contribution in [-0.2, 0) is 0 Å². The molecule has 3 atom stereocenters. The lowest BCUT2D eigenvalue weighted by atomic mass is 9.90. The molecule has 0 amide bonds. The van der Waals surface area contributed by atoms with E-state index < -0.39 is 6.10 Å². The van der Waals surface area contributed by atoms with Crippen LogP contribution in [0.3, 0.4) is 0 Å². The van der Waals surface area contributed by atoms with Crippen LogP contribution in [0.2, 0.25) is 0 Å². The summed E-state index contributed by atoms with van der Waals surface area (Å²) in [5, 5.41) is 10.1. The van der Waals surface area contributed by atoms with Crippen molar-refractivity contribution in [2.75, 3.05) is 25.1 Å². The first-order chi connectivity index (χ1) is 9.02. The molecular formula is C16H25NO2. The highest BCUT2D eigenvalue weighted by Crippen LogP contribution is 2.37. The highest BCUT2D eigenvalue weighted by molar-refractivity contribution is 5.60. The number of hydrogen-bond acceptors (Lipinski definition) is 3. The molecule has 0 bridgehead atoms. The fourth-order valence-electron chi connectivity index (χ4n) is 3.27. The Morgan fingerprint density at radius 2 is 1.89 bits per heavy atom. The number of anilines is 1. The largest absolute Gasteiger partial charge is 0.496 e. The van der Waals surface area contributed by atoms with Crippen LogP contribution in [0.1, 0.15) is 38.9 Å². The number of aliphatic hydroxyl groups excluding tert-OH is 1. The van der Waals surface area contributed by atoms with Gasteiger partial charge < -0.3 is 14.7 Å². The number of nitrogens with zero attached hydrogens (tertiary/aromatic N) is 1. The average Bonchev–Trinajstić information content (AvgIpc) is 2.36. The van der Waals surface area contributed by atoms with Crippen LogP contribution < -0.4 is 9.64 Å². The van der Waals surface area contributed by atoms with Gasteiger partial charge in [-0.3, -0.25) is 0 Å². The molecule has 2 rings (SSSR count). The van der Waals surface area contributed by atoms with Crippen LogP contribution in [0, 0.1) is 11.8 Å². The molecule has 3 heteroatoms. The maximum atomic E-state index is 10.1. The van der Waals surface area contributed by atoms with E-state index in [0.29, 0.717) is 11.8 Å². The van der Waals surface area contributed by atoms with Crippen molar-refractivity contribution in [1.82, 2.24) is 0 Å². The smallest absolute Gasteiger partial charge is 0.126 e. The van der Waals surface area contributed by atoms with Crippen LogP contribution in [0.4, 0.5) is 5.69 Å². The Morgan fingerprint density at radius 3 is 2.42 bits per heavy atom. The SMILES string of the molecule is COc1cccc(N2CC(C)CC(C)C2)c1C(C)O. The Labute approximate surface area is 116 Å². The number of piperidine rings is 1. The standard InChI is InChI=1S/C16H25NO2/c1-11-8-12(2)10-17(9-11)14-6-5-7-15(19-4)16(14)13(3)18/h5-7,11-13,18H,8-10H2,1-4H3. The highest BCUT2D eigenvalue weighted by Gasteiger charge is 2.25. The van der Waals surface area contributed by atoms with Gasteiger partial charge in [0.25, 0.3) is 0 Å². The van der Waals surface area contributed by atoms with Crippen LogP contribution in [0.25, 0.3) is 0 Å². The van der Waals surface area contributed by atoms with E-state index in [1.807, 2.05) is 12.1 Å². The summed E-state index contributed by atoms with van der Waals surface area (Å²) in [6, 6.07) is 6.02. The Bertz CT molecular complexity index is 421. The van der Waals surface area contributed by atoms with Gasteiger partial charge in [0.05, 0.1) is 13.2 Å². The van der Waals surface area contributed by atoms with Gasteiger partial charge in [-0.1, -0.05) is 19.9 Å². The highest BCUT2D eigenvalue weighted by atomic mass is 16.5. The molecular weight excluding hydrogens is 238 g/mol. The number of aliphatic hydroxyl groups is 1. The van der Waals surface area contributed by atoms with E-state index in [1.54, 1.807) is 14.0 Å². The van der Waals surface area contributed by atoms with Gasteiger partial charge in [0.1, 0.15) is 5.75 Å². The number of rotatable bonds is 3. The van der Waals surface area contributed by atoms with E-state index in [2.05, 4.69) is 24.8 Å². The second-order valence-electron chi connectivity index (χ2n) is 5.92. The summed E-state index contributed by atoms with van der Waals surface area (Å²) in [5.41, 5.74) is 2.03. The lowest BCUT2D eigenvalue weighted by Gasteiger charge is -2.38. The maximum Gasteiger partial charge on any atom is 0.126 e. The Morgan fingerprint density at radius 1 is 1.26 bits per heavy atom. The molecule has 106 valence electrons. The quantitative estimate of drug-likeness (QED) is 0.908. The van der Waals surface area contributed by atoms with Gasteiger partial charge in [0, 0.05) is 24.3 Å². The molecule has 19 heavy (non-hydrogen) atoms. The van der Waals surface area contributed by atoms with Crippen molar-refractivity contribution in [2.24, 2.45) is 11.8 Å². The summed E-state index contributed by atoms with van der Waals surface area (Å²) in [4.78, 5) is 2.39. The van der Waals surface area contributed by atoms with E-state index in [-0.39, 0.29) is 0 Å². The van der Waals surface area contributed by atoms with Crippen LogP contribution in [0.15, 0.2) is 18.2 Å². The molecule has 3 nitrogen and oxygen atoms in total. The first kappa shape index (κ1) is 14.2. The summed E-state index contributed by atoms with van der Waals surface area (Å²) in [6.07, 6.45) is 0.767. The fourth-order valence-corrected chi connectivity index (χ4v) is 3.27. The van der Waals surface area contributed by atoms with E-state index in [1.165, 1.54) is 6.42 Å². The number of methoxy groups -OCH3 is 1. The second kappa shape index (κ2) is 5.83. The molecule has 3 unspecified atom stereocenters. The Balaban J connectivity index is 2.38. The topological polar surface area (TPSA) is 32.7 Å². The third-order valence-electron chi connectivity index (χ3n) is 3.89. The molecule has 1 aliphatic heterocycles. The van der Waals surface area contributed by atoms with E-state index >= 15 is 0 Å². The molecule has 0 aromatic heterocycles. The number of ether oxygens (including phenoxy) is 1. The molecule has 0 aliphatic carbocycles. The van der Waals surface area contributed by atoms with E-state index in [9.17, 15) is 5.11 Å². The number of benzene rings is 1. The molecule has 1 heterocycles. The minimum Gasteiger partial charge on any atom is -0.496 e. The molecule has 1 aromatic carbocycles. The third kappa shape index (κ3) is 3.03. The van der Waals surface area contributed by atoms with Crippen molar-refractivity contribution in [3.05, 3.63) is 23.8 Å². The van der Waals surface area contributed by atoms with Gasteiger partial charge >= 0.3 is 0 Å². The lowest BCUT2D eigenvalue weighted by molar-refractivity contribution is 0.194. The summed E-state index contributed by atoms with van der Waals surface area (Å²) in [7, 11) is 1.66. The minimum absolute atomic E-state index is 0.515. The third-order valence-corrected chi connectivity index (χ3v) is 3.89. The maximum absolute atomic E-state index is 10.1. The predicted molar refractivity (Wildman–Crippen MR) is 78.8 cm³/mol. The van der Waals surface area contributed by atoms with E-state index in [4.69, 9.17) is 4.74 Å². The van der Waals surface area contributed by atoms with Gasteiger partial charge in [-0.15, -0.1) is 0 Å².